The molecule has 3 N–H and O–H groups in total. The smallest absolute Gasteiger partial charge is 0.153 e. The van der Waals surface area contributed by atoms with Crippen LogP contribution in [0.2, 0.25) is 0 Å². The fourth-order valence-corrected chi connectivity index (χ4v) is 3.00. The van der Waals surface area contributed by atoms with E-state index in [1.165, 1.54) is 18.1 Å². The summed E-state index contributed by atoms with van der Waals surface area (Å²) in [4.78, 5) is 8.72. The summed E-state index contributed by atoms with van der Waals surface area (Å²) in [5.41, 5.74) is 3.26. The molecule has 0 amide bonds. The molecular formula is C19H23FN6OS. The monoisotopic (exact) mass is 402 g/mol. The lowest BCUT2D eigenvalue weighted by atomic mass is 10.1. The van der Waals surface area contributed by atoms with E-state index < -0.39 is 0 Å². The summed E-state index contributed by atoms with van der Waals surface area (Å²) >= 11 is 1.29. The molecule has 0 radical (unpaired) electrons. The van der Waals surface area contributed by atoms with Crippen LogP contribution in [0.3, 0.4) is 0 Å². The van der Waals surface area contributed by atoms with Gasteiger partial charge in [0.05, 0.1) is 5.69 Å². The number of hydrogen-bond acceptors (Lipinski definition) is 7. The first-order chi connectivity index (χ1) is 13.6. The quantitative estimate of drug-likeness (QED) is 0.466. The summed E-state index contributed by atoms with van der Waals surface area (Å²) < 4.78 is 19.3. The van der Waals surface area contributed by atoms with Crippen molar-refractivity contribution in [3.8, 4) is 0 Å². The molecule has 2 aromatic heterocycles. The van der Waals surface area contributed by atoms with E-state index in [0.29, 0.717) is 42.5 Å². The summed E-state index contributed by atoms with van der Waals surface area (Å²) in [5, 5.41) is 13.4. The molecule has 3 rings (SSSR count). The van der Waals surface area contributed by atoms with Crippen LogP contribution in [0.15, 0.2) is 30.3 Å². The van der Waals surface area contributed by atoms with Crippen LogP contribution in [0.25, 0.3) is 0 Å². The lowest BCUT2D eigenvalue weighted by Gasteiger charge is -2.06. The van der Waals surface area contributed by atoms with Gasteiger partial charge >= 0.3 is 0 Å². The summed E-state index contributed by atoms with van der Waals surface area (Å²) in [5.74, 6) is 1.75. The van der Waals surface area contributed by atoms with Crippen molar-refractivity contribution in [3.05, 3.63) is 58.9 Å². The molecule has 0 aliphatic carbocycles. The normalized spacial score (nSPS) is 10.9. The minimum absolute atomic E-state index is 0.201. The lowest BCUT2D eigenvalue weighted by Crippen LogP contribution is -2.01. The Morgan fingerprint density at radius 3 is 2.79 bits per heavy atom. The number of aryl methyl sites for hydroxylation is 3. The molecule has 0 aliphatic heterocycles. The standard InChI is InChI=1S/C19H23FN6OS/c1-12-22-16(11-27-28-3)10-18(23-12)24-19-9-15(25-26-19)5-4-13-8-14(21-2)6-7-17(13)20/h6-10,21H,4-5,11H2,1-3H3,(H2,22,23,24,25,26). The molecule has 0 saturated heterocycles. The second-order valence-electron chi connectivity index (χ2n) is 6.18. The Morgan fingerprint density at radius 2 is 2.00 bits per heavy atom. The molecule has 148 valence electrons. The number of nitrogens with zero attached hydrogens (tertiary/aromatic N) is 3. The Hall–Kier alpha value is -2.65. The van der Waals surface area contributed by atoms with Crippen LogP contribution >= 0.6 is 12.0 Å². The van der Waals surface area contributed by atoms with Crippen molar-refractivity contribution in [1.82, 2.24) is 20.2 Å². The van der Waals surface area contributed by atoms with Crippen LogP contribution in [-0.2, 0) is 23.6 Å². The summed E-state index contributed by atoms with van der Waals surface area (Å²) in [6, 6.07) is 8.76. The summed E-state index contributed by atoms with van der Waals surface area (Å²) in [6.07, 6.45) is 3.08. The second kappa shape index (κ2) is 9.52. The average Bonchev–Trinajstić information content (AvgIpc) is 3.12. The van der Waals surface area contributed by atoms with Crippen molar-refractivity contribution in [1.29, 1.82) is 0 Å². The van der Waals surface area contributed by atoms with Crippen molar-refractivity contribution in [2.24, 2.45) is 0 Å². The van der Waals surface area contributed by atoms with Gasteiger partial charge in [-0.1, -0.05) is 0 Å². The van der Waals surface area contributed by atoms with E-state index in [2.05, 4.69) is 30.8 Å². The Balaban J connectivity index is 1.64. The van der Waals surface area contributed by atoms with Gasteiger partial charge in [-0.25, -0.2) is 14.4 Å². The van der Waals surface area contributed by atoms with Crippen molar-refractivity contribution in [2.45, 2.75) is 26.4 Å². The molecule has 3 aromatic rings. The largest absolute Gasteiger partial charge is 0.388 e. The predicted molar refractivity (Wildman–Crippen MR) is 110 cm³/mol. The zero-order chi connectivity index (χ0) is 19.9. The van der Waals surface area contributed by atoms with E-state index in [1.54, 1.807) is 6.07 Å². The fraction of sp³-hybridized carbons (Fsp3) is 0.316. The minimum Gasteiger partial charge on any atom is -0.388 e. The Kier molecular flexibility index (Phi) is 6.83. The molecule has 9 heteroatoms. The molecular weight excluding hydrogens is 379 g/mol. The number of rotatable bonds is 9. The molecule has 0 aliphatic rings. The van der Waals surface area contributed by atoms with E-state index in [9.17, 15) is 4.39 Å². The number of nitrogens with one attached hydrogen (secondary N) is 3. The van der Waals surface area contributed by atoms with E-state index >= 15 is 0 Å². The number of aromatic nitrogens is 4. The first kappa shape index (κ1) is 20.1. The number of halogens is 1. The van der Waals surface area contributed by atoms with Gasteiger partial charge in [0.2, 0.25) is 0 Å². The molecule has 2 heterocycles. The van der Waals surface area contributed by atoms with Crippen LogP contribution in [0, 0.1) is 12.7 Å². The molecule has 1 aromatic carbocycles. The highest BCUT2D eigenvalue weighted by Crippen LogP contribution is 2.19. The van der Waals surface area contributed by atoms with Crippen LogP contribution < -0.4 is 10.6 Å². The maximum atomic E-state index is 14.0. The Bertz CT molecular complexity index is 933. The molecule has 0 fully saturated rings. The SMILES string of the molecule is CNc1ccc(F)c(CCc2cc(Nc3cc(COSC)nc(C)n3)n[nH]2)c1. The number of hydrogen-bond donors (Lipinski definition) is 3. The van der Waals surface area contributed by atoms with Gasteiger partial charge in [-0.05, 0) is 55.6 Å². The van der Waals surface area contributed by atoms with Crippen LogP contribution in [0.5, 0.6) is 0 Å². The van der Waals surface area contributed by atoms with Gasteiger partial charge in [0.15, 0.2) is 5.82 Å². The van der Waals surface area contributed by atoms with Crippen LogP contribution in [0.1, 0.15) is 22.8 Å². The van der Waals surface area contributed by atoms with Gasteiger partial charge in [0.1, 0.15) is 24.1 Å². The van der Waals surface area contributed by atoms with Gasteiger partial charge in [0.25, 0.3) is 0 Å². The lowest BCUT2D eigenvalue weighted by molar-refractivity contribution is 0.359. The molecule has 0 saturated carbocycles. The maximum absolute atomic E-state index is 14.0. The van der Waals surface area contributed by atoms with Gasteiger partial charge < -0.3 is 14.8 Å². The highest BCUT2D eigenvalue weighted by molar-refractivity contribution is 7.93. The van der Waals surface area contributed by atoms with Crippen LogP contribution in [-0.4, -0.2) is 33.5 Å². The van der Waals surface area contributed by atoms with E-state index in [-0.39, 0.29) is 5.82 Å². The third kappa shape index (κ3) is 5.43. The van der Waals surface area contributed by atoms with E-state index in [1.807, 2.05) is 38.4 Å². The second-order valence-corrected chi connectivity index (χ2v) is 6.75. The maximum Gasteiger partial charge on any atom is 0.153 e. The highest BCUT2D eigenvalue weighted by atomic mass is 32.2. The topological polar surface area (TPSA) is 87.8 Å². The van der Waals surface area contributed by atoms with E-state index in [4.69, 9.17) is 4.18 Å². The van der Waals surface area contributed by atoms with Crippen molar-refractivity contribution >= 4 is 29.4 Å². The van der Waals surface area contributed by atoms with E-state index in [0.717, 1.165) is 17.1 Å². The number of benzene rings is 1. The highest BCUT2D eigenvalue weighted by Gasteiger charge is 2.08. The molecule has 0 unspecified atom stereocenters. The summed E-state index contributed by atoms with van der Waals surface area (Å²) in [6.45, 7) is 2.24. The molecule has 28 heavy (non-hydrogen) atoms. The first-order valence-corrected chi connectivity index (χ1v) is 10.00. The minimum atomic E-state index is -0.201. The first-order valence-electron chi connectivity index (χ1n) is 8.85. The van der Waals surface area contributed by atoms with Crippen LogP contribution in [0.4, 0.5) is 21.7 Å². The molecule has 0 spiro atoms. The summed E-state index contributed by atoms with van der Waals surface area (Å²) in [7, 11) is 1.82. The van der Waals surface area contributed by atoms with Crippen molar-refractivity contribution < 1.29 is 8.57 Å². The average molecular weight is 402 g/mol. The number of aromatic amines is 1. The Morgan fingerprint density at radius 1 is 1.14 bits per heavy atom. The third-order valence-corrected chi connectivity index (χ3v) is 4.45. The van der Waals surface area contributed by atoms with Gasteiger partial charge in [-0.3, -0.25) is 5.10 Å². The predicted octanol–water partition coefficient (Wildman–Crippen LogP) is 4.01. The molecule has 0 bridgehead atoms. The number of H-pyrrole nitrogens is 1. The van der Waals surface area contributed by atoms with Gasteiger partial charge in [0, 0.05) is 36.8 Å². The van der Waals surface area contributed by atoms with Crippen molar-refractivity contribution in [3.63, 3.8) is 0 Å². The zero-order valence-electron chi connectivity index (χ0n) is 16.0. The zero-order valence-corrected chi connectivity index (χ0v) is 16.9. The Labute approximate surface area is 167 Å². The van der Waals surface area contributed by atoms with Gasteiger partial charge in [-0.15, -0.1) is 0 Å². The third-order valence-electron chi connectivity index (χ3n) is 4.10. The fourth-order valence-electron chi connectivity index (χ4n) is 2.76. The molecule has 7 nitrogen and oxygen atoms in total. The van der Waals surface area contributed by atoms with Crippen molar-refractivity contribution in [2.75, 3.05) is 23.9 Å². The molecule has 0 atom stereocenters. The number of anilines is 3. The van der Waals surface area contributed by atoms with Gasteiger partial charge in [-0.2, -0.15) is 5.10 Å².